The molecule has 2 nitrogen and oxygen atoms in total. The first-order chi connectivity index (χ1) is 8.59. The molecule has 2 rings (SSSR count). The van der Waals surface area contributed by atoms with Crippen molar-refractivity contribution >= 4 is 0 Å². The lowest BCUT2D eigenvalue weighted by Crippen LogP contribution is -2.45. The van der Waals surface area contributed by atoms with Crippen LogP contribution in [0.1, 0.15) is 45.4 Å². The van der Waals surface area contributed by atoms with E-state index in [0.717, 1.165) is 32.5 Å². The molecule has 0 aromatic rings. The molecule has 1 saturated heterocycles. The zero-order chi connectivity index (χ0) is 13.0. The first kappa shape index (κ1) is 14.2. The Morgan fingerprint density at radius 3 is 2.78 bits per heavy atom. The van der Waals surface area contributed by atoms with Crippen LogP contribution in [0.2, 0.25) is 0 Å². The normalized spacial score (nSPS) is 34.2. The van der Waals surface area contributed by atoms with Gasteiger partial charge in [-0.1, -0.05) is 6.42 Å². The van der Waals surface area contributed by atoms with Gasteiger partial charge in [0.2, 0.25) is 0 Å². The topological polar surface area (TPSA) is 21.3 Å². The summed E-state index contributed by atoms with van der Waals surface area (Å²) >= 11 is 0. The molecule has 1 aliphatic heterocycles. The third-order valence-electron chi connectivity index (χ3n) is 4.50. The predicted molar refractivity (Wildman–Crippen MR) is 67.9 cm³/mol. The molecule has 0 aromatic heterocycles. The summed E-state index contributed by atoms with van der Waals surface area (Å²) in [6.07, 6.45) is 4.60. The van der Waals surface area contributed by atoms with Gasteiger partial charge >= 0.3 is 0 Å². The molecule has 1 N–H and O–H groups in total. The molecule has 1 saturated carbocycles. The van der Waals surface area contributed by atoms with Crippen LogP contribution in [-0.4, -0.2) is 31.7 Å². The lowest BCUT2D eigenvalue weighted by atomic mass is 9.85. The number of hydrogen-bond acceptors (Lipinski definition) is 2. The van der Waals surface area contributed by atoms with Gasteiger partial charge in [-0.05, 0) is 38.5 Å². The zero-order valence-corrected chi connectivity index (χ0v) is 11.3. The number of alkyl halides is 2. The summed E-state index contributed by atoms with van der Waals surface area (Å²) in [5.41, 5.74) is 0. The summed E-state index contributed by atoms with van der Waals surface area (Å²) in [6, 6.07) is 0.281. The van der Waals surface area contributed by atoms with Crippen LogP contribution in [0.15, 0.2) is 0 Å². The van der Waals surface area contributed by atoms with E-state index < -0.39 is 11.8 Å². The standard InChI is InChI=1S/C14H25F2NO/c1-11(12-5-4-8-18-10-12)17-9-13-6-2-3-7-14(13,15)16/h11-13,17H,2-10H2,1H3. The van der Waals surface area contributed by atoms with Gasteiger partial charge in [0.25, 0.3) is 5.92 Å². The Balaban J connectivity index is 1.75. The first-order valence-corrected chi connectivity index (χ1v) is 7.28. The van der Waals surface area contributed by atoms with E-state index in [4.69, 9.17) is 4.74 Å². The van der Waals surface area contributed by atoms with Crippen LogP contribution >= 0.6 is 0 Å². The molecule has 1 aliphatic carbocycles. The largest absolute Gasteiger partial charge is 0.381 e. The highest BCUT2D eigenvalue weighted by Crippen LogP contribution is 2.38. The minimum atomic E-state index is -2.46. The number of nitrogens with one attached hydrogen (secondary N) is 1. The van der Waals surface area contributed by atoms with E-state index in [-0.39, 0.29) is 12.5 Å². The summed E-state index contributed by atoms with van der Waals surface area (Å²) in [5.74, 6) is -2.46. The van der Waals surface area contributed by atoms with Crippen LogP contribution in [0.3, 0.4) is 0 Å². The third-order valence-corrected chi connectivity index (χ3v) is 4.50. The maximum absolute atomic E-state index is 13.7. The molecule has 2 aliphatic rings. The molecule has 0 bridgehead atoms. The second-order valence-electron chi connectivity index (χ2n) is 5.88. The fourth-order valence-electron chi connectivity index (χ4n) is 3.07. The Kier molecular flexibility index (Phi) is 4.96. The SMILES string of the molecule is CC(NCC1CCCCC1(F)F)C1CCCOC1. The van der Waals surface area contributed by atoms with Crippen molar-refractivity contribution in [2.24, 2.45) is 11.8 Å². The highest BCUT2D eigenvalue weighted by atomic mass is 19.3. The second kappa shape index (κ2) is 6.29. The molecule has 0 aromatic carbocycles. The minimum Gasteiger partial charge on any atom is -0.381 e. The van der Waals surface area contributed by atoms with Crippen molar-refractivity contribution in [2.75, 3.05) is 19.8 Å². The van der Waals surface area contributed by atoms with Gasteiger partial charge in [-0.15, -0.1) is 0 Å². The van der Waals surface area contributed by atoms with Gasteiger partial charge in [-0.25, -0.2) is 8.78 Å². The van der Waals surface area contributed by atoms with E-state index in [9.17, 15) is 8.78 Å². The lowest BCUT2D eigenvalue weighted by molar-refractivity contribution is -0.0857. The average Bonchev–Trinajstić information content (AvgIpc) is 2.38. The molecule has 4 heteroatoms. The lowest BCUT2D eigenvalue weighted by Gasteiger charge is -2.34. The van der Waals surface area contributed by atoms with Gasteiger partial charge in [0.05, 0.1) is 6.61 Å². The highest BCUT2D eigenvalue weighted by Gasteiger charge is 2.41. The summed E-state index contributed by atoms with van der Waals surface area (Å²) in [6.45, 7) is 4.17. The summed E-state index contributed by atoms with van der Waals surface area (Å²) < 4.78 is 32.8. The van der Waals surface area contributed by atoms with Crippen LogP contribution in [0.5, 0.6) is 0 Å². The Bertz CT molecular complexity index is 254. The first-order valence-electron chi connectivity index (χ1n) is 7.28. The summed E-state index contributed by atoms with van der Waals surface area (Å²) in [4.78, 5) is 0. The van der Waals surface area contributed by atoms with E-state index in [0.29, 0.717) is 25.3 Å². The van der Waals surface area contributed by atoms with Crippen LogP contribution in [-0.2, 0) is 4.74 Å². The fraction of sp³-hybridized carbons (Fsp3) is 1.00. The number of halogens is 2. The van der Waals surface area contributed by atoms with Gasteiger partial charge in [-0.2, -0.15) is 0 Å². The zero-order valence-electron chi connectivity index (χ0n) is 11.3. The predicted octanol–water partition coefficient (Wildman–Crippen LogP) is 3.22. The van der Waals surface area contributed by atoms with Crippen LogP contribution in [0.25, 0.3) is 0 Å². The van der Waals surface area contributed by atoms with Crippen molar-refractivity contribution in [3.05, 3.63) is 0 Å². The average molecular weight is 261 g/mol. The van der Waals surface area contributed by atoms with Crippen molar-refractivity contribution in [3.8, 4) is 0 Å². The molecule has 2 fully saturated rings. The van der Waals surface area contributed by atoms with Gasteiger partial charge < -0.3 is 10.1 Å². The van der Waals surface area contributed by atoms with E-state index >= 15 is 0 Å². The summed E-state index contributed by atoms with van der Waals surface area (Å²) in [7, 11) is 0. The van der Waals surface area contributed by atoms with Crippen LogP contribution in [0, 0.1) is 11.8 Å². The smallest absolute Gasteiger partial charge is 0.252 e. The molecule has 3 unspecified atom stereocenters. The van der Waals surface area contributed by atoms with Crippen LogP contribution in [0.4, 0.5) is 8.78 Å². The molecule has 1 heterocycles. The Hall–Kier alpha value is -0.220. The van der Waals surface area contributed by atoms with E-state index in [1.54, 1.807) is 0 Å². The minimum absolute atomic E-state index is 0.0697. The number of hydrogen-bond donors (Lipinski definition) is 1. The molecular formula is C14H25F2NO. The number of ether oxygens (including phenoxy) is 1. The molecule has 0 amide bonds. The maximum Gasteiger partial charge on any atom is 0.252 e. The van der Waals surface area contributed by atoms with E-state index in [1.165, 1.54) is 0 Å². The third kappa shape index (κ3) is 3.64. The monoisotopic (exact) mass is 261 g/mol. The van der Waals surface area contributed by atoms with E-state index in [1.807, 2.05) is 0 Å². The molecule has 18 heavy (non-hydrogen) atoms. The molecular weight excluding hydrogens is 236 g/mol. The van der Waals surface area contributed by atoms with Crippen molar-refractivity contribution in [3.63, 3.8) is 0 Å². The maximum atomic E-state index is 13.7. The highest BCUT2D eigenvalue weighted by molar-refractivity contribution is 4.85. The quantitative estimate of drug-likeness (QED) is 0.839. The molecule has 0 spiro atoms. The second-order valence-corrected chi connectivity index (χ2v) is 5.88. The van der Waals surface area contributed by atoms with Gasteiger partial charge in [0, 0.05) is 31.5 Å². The Morgan fingerprint density at radius 1 is 1.28 bits per heavy atom. The van der Waals surface area contributed by atoms with Crippen molar-refractivity contribution < 1.29 is 13.5 Å². The van der Waals surface area contributed by atoms with Gasteiger partial charge in [0.15, 0.2) is 0 Å². The van der Waals surface area contributed by atoms with Crippen molar-refractivity contribution in [2.45, 2.75) is 57.4 Å². The van der Waals surface area contributed by atoms with Crippen molar-refractivity contribution in [1.82, 2.24) is 5.32 Å². The van der Waals surface area contributed by atoms with Gasteiger partial charge in [0.1, 0.15) is 0 Å². The van der Waals surface area contributed by atoms with Crippen LogP contribution < -0.4 is 5.32 Å². The van der Waals surface area contributed by atoms with E-state index in [2.05, 4.69) is 12.2 Å². The number of rotatable bonds is 4. The molecule has 0 radical (unpaired) electrons. The van der Waals surface area contributed by atoms with Crippen molar-refractivity contribution in [1.29, 1.82) is 0 Å². The van der Waals surface area contributed by atoms with Gasteiger partial charge in [-0.3, -0.25) is 0 Å². The summed E-state index contributed by atoms with van der Waals surface area (Å²) in [5, 5.41) is 3.32. The Morgan fingerprint density at radius 2 is 2.11 bits per heavy atom. The molecule has 3 atom stereocenters. The fourth-order valence-corrected chi connectivity index (χ4v) is 3.07. The molecule has 106 valence electrons. The Labute approximate surface area is 108 Å².